The van der Waals surface area contributed by atoms with Crippen LogP contribution in [0.2, 0.25) is 0 Å². The van der Waals surface area contributed by atoms with E-state index < -0.39 is 22.5 Å². The minimum atomic E-state index is -4.63. The summed E-state index contributed by atoms with van der Waals surface area (Å²) < 4.78 is 37.6. The minimum absolute atomic E-state index is 0.185. The first-order valence-electron chi connectivity index (χ1n) is 6.02. The van der Waals surface area contributed by atoms with Gasteiger partial charge in [-0.2, -0.15) is 13.2 Å². The Balaban J connectivity index is 2.81. The zero-order valence-corrected chi connectivity index (χ0v) is 10.8. The fourth-order valence-electron chi connectivity index (χ4n) is 1.48. The molecule has 1 aromatic rings. The quantitative estimate of drug-likeness (QED) is 0.458. The van der Waals surface area contributed by atoms with Gasteiger partial charge in [0.1, 0.15) is 17.6 Å². The van der Waals surface area contributed by atoms with Gasteiger partial charge in [-0.05, 0) is 19.0 Å². The van der Waals surface area contributed by atoms with Gasteiger partial charge in [-0.1, -0.05) is 6.92 Å². The van der Waals surface area contributed by atoms with Crippen molar-refractivity contribution >= 4 is 11.4 Å². The van der Waals surface area contributed by atoms with Crippen LogP contribution in [-0.2, 0) is 6.18 Å². The van der Waals surface area contributed by atoms with E-state index in [1.54, 1.807) is 0 Å². The van der Waals surface area contributed by atoms with Crippen molar-refractivity contribution in [3.8, 4) is 0 Å². The van der Waals surface area contributed by atoms with Gasteiger partial charge in [-0.25, -0.2) is 4.98 Å². The Morgan fingerprint density at radius 3 is 2.60 bits per heavy atom. The lowest BCUT2D eigenvalue weighted by Crippen LogP contribution is -2.23. The summed E-state index contributed by atoms with van der Waals surface area (Å²) in [4.78, 5) is 13.0. The van der Waals surface area contributed by atoms with Crippen LogP contribution < -0.4 is 10.6 Å². The number of hydrogen-bond donors (Lipinski definition) is 2. The maximum atomic E-state index is 12.5. The molecule has 112 valence electrons. The van der Waals surface area contributed by atoms with E-state index in [4.69, 9.17) is 0 Å². The number of hydrogen-bond acceptors (Lipinski definition) is 5. The number of halogens is 3. The zero-order chi connectivity index (χ0) is 15.2. The molecule has 0 radical (unpaired) electrons. The summed E-state index contributed by atoms with van der Waals surface area (Å²) in [5, 5.41) is 16.4. The van der Waals surface area contributed by atoms with Gasteiger partial charge in [0.25, 0.3) is 0 Å². The Labute approximate surface area is 113 Å². The number of anilines is 1. The number of nitrogens with one attached hydrogen (secondary N) is 2. The molecule has 0 atom stereocenters. The predicted molar refractivity (Wildman–Crippen MR) is 67.5 cm³/mol. The Hall–Kier alpha value is -1.90. The van der Waals surface area contributed by atoms with Crippen LogP contribution in [0.25, 0.3) is 0 Å². The van der Waals surface area contributed by atoms with E-state index >= 15 is 0 Å². The highest BCUT2D eigenvalue weighted by atomic mass is 19.4. The van der Waals surface area contributed by atoms with Gasteiger partial charge in [0.2, 0.25) is 0 Å². The fraction of sp³-hybridized carbons (Fsp3) is 0.545. The molecular weight excluding hydrogens is 277 g/mol. The van der Waals surface area contributed by atoms with Gasteiger partial charge >= 0.3 is 11.9 Å². The number of rotatable bonds is 7. The first kappa shape index (κ1) is 16.2. The second-order valence-corrected chi connectivity index (χ2v) is 4.02. The van der Waals surface area contributed by atoms with E-state index in [0.717, 1.165) is 13.0 Å². The Kier molecular flexibility index (Phi) is 5.68. The highest BCUT2D eigenvalue weighted by Gasteiger charge is 2.34. The minimum Gasteiger partial charge on any atom is -0.378 e. The van der Waals surface area contributed by atoms with Crippen LogP contribution in [0.15, 0.2) is 12.3 Å². The molecule has 20 heavy (non-hydrogen) atoms. The van der Waals surface area contributed by atoms with Crippen molar-refractivity contribution in [2.45, 2.75) is 19.5 Å². The molecular formula is C11H15F3N4O2. The number of nitrogens with zero attached hydrogens (tertiary/aromatic N) is 2. The molecule has 1 heterocycles. The van der Waals surface area contributed by atoms with E-state index in [0.29, 0.717) is 18.8 Å². The van der Waals surface area contributed by atoms with Crippen molar-refractivity contribution in [1.82, 2.24) is 10.3 Å². The summed E-state index contributed by atoms with van der Waals surface area (Å²) in [6, 6.07) is 0.651. The molecule has 0 saturated heterocycles. The molecule has 0 aliphatic carbocycles. The third kappa shape index (κ3) is 4.65. The van der Waals surface area contributed by atoms with Crippen LogP contribution in [0.3, 0.4) is 0 Å². The SMILES string of the molecule is CCCNCCNc1cc(C(F)(F)F)ncc1[N+](=O)[O-]. The highest BCUT2D eigenvalue weighted by Crippen LogP contribution is 2.32. The average molecular weight is 292 g/mol. The standard InChI is InChI=1S/C11H15F3N4O2/c1-2-3-15-4-5-16-8-6-10(11(12,13)14)17-7-9(8)18(19)20/h6-7,15H,2-5H2,1H3,(H,16,17). The molecule has 2 N–H and O–H groups in total. The van der Waals surface area contributed by atoms with Crippen molar-refractivity contribution in [2.75, 3.05) is 25.0 Å². The summed E-state index contributed by atoms with van der Waals surface area (Å²) in [5.41, 5.74) is -1.82. The summed E-state index contributed by atoms with van der Waals surface area (Å²) in [5.74, 6) is 0. The van der Waals surface area contributed by atoms with Crippen LogP contribution in [0, 0.1) is 10.1 Å². The lowest BCUT2D eigenvalue weighted by Gasteiger charge is -2.10. The van der Waals surface area contributed by atoms with E-state index in [1.165, 1.54) is 0 Å². The smallest absolute Gasteiger partial charge is 0.378 e. The first-order valence-corrected chi connectivity index (χ1v) is 6.02. The fourth-order valence-corrected chi connectivity index (χ4v) is 1.48. The van der Waals surface area contributed by atoms with Gasteiger partial charge in [-0.15, -0.1) is 0 Å². The third-order valence-corrected chi connectivity index (χ3v) is 2.41. The summed E-state index contributed by atoms with van der Waals surface area (Å²) in [7, 11) is 0. The van der Waals surface area contributed by atoms with Crippen LogP contribution in [0.4, 0.5) is 24.5 Å². The van der Waals surface area contributed by atoms with Crippen molar-refractivity contribution in [3.63, 3.8) is 0 Å². The van der Waals surface area contributed by atoms with Crippen molar-refractivity contribution in [1.29, 1.82) is 0 Å². The maximum Gasteiger partial charge on any atom is 0.433 e. The molecule has 0 fully saturated rings. The molecule has 0 aromatic carbocycles. The first-order chi connectivity index (χ1) is 9.36. The van der Waals surface area contributed by atoms with Crippen molar-refractivity contribution < 1.29 is 18.1 Å². The largest absolute Gasteiger partial charge is 0.433 e. The van der Waals surface area contributed by atoms with Crippen molar-refractivity contribution in [3.05, 3.63) is 28.1 Å². The molecule has 0 unspecified atom stereocenters. The molecule has 0 saturated carbocycles. The highest BCUT2D eigenvalue weighted by molar-refractivity contribution is 5.61. The maximum absolute atomic E-state index is 12.5. The molecule has 6 nitrogen and oxygen atoms in total. The average Bonchev–Trinajstić information content (AvgIpc) is 2.37. The summed E-state index contributed by atoms with van der Waals surface area (Å²) in [6.45, 7) is 3.52. The number of nitro groups is 1. The van der Waals surface area contributed by atoms with Crippen molar-refractivity contribution in [2.24, 2.45) is 0 Å². The van der Waals surface area contributed by atoms with Gasteiger partial charge in [0.15, 0.2) is 0 Å². The second-order valence-electron chi connectivity index (χ2n) is 4.02. The molecule has 0 amide bonds. The van der Waals surface area contributed by atoms with Gasteiger partial charge < -0.3 is 10.6 Å². The molecule has 0 bridgehead atoms. The van der Waals surface area contributed by atoms with Gasteiger partial charge in [0.05, 0.1) is 4.92 Å². The predicted octanol–water partition coefficient (Wildman–Crippen LogP) is 2.42. The Bertz CT molecular complexity index is 465. The normalized spacial score (nSPS) is 11.4. The van der Waals surface area contributed by atoms with E-state index in [-0.39, 0.29) is 12.2 Å². The van der Waals surface area contributed by atoms with Crippen LogP contribution >= 0.6 is 0 Å². The van der Waals surface area contributed by atoms with Crippen LogP contribution in [0.1, 0.15) is 19.0 Å². The molecule has 9 heteroatoms. The monoisotopic (exact) mass is 292 g/mol. The van der Waals surface area contributed by atoms with E-state index in [1.807, 2.05) is 6.92 Å². The van der Waals surface area contributed by atoms with E-state index in [9.17, 15) is 23.3 Å². The zero-order valence-electron chi connectivity index (χ0n) is 10.8. The van der Waals surface area contributed by atoms with Gasteiger partial charge in [-0.3, -0.25) is 10.1 Å². The molecule has 1 rings (SSSR count). The van der Waals surface area contributed by atoms with Crippen LogP contribution in [0.5, 0.6) is 0 Å². The van der Waals surface area contributed by atoms with Crippen LogP contribution in [-0.4, -0.2) is 29.5 Å². The molecule has 0 aliphatic rings. The third-order valence-electron chi connectivity index (χ3n) is 2.41. The number of pyridine rings is 1. The summed E-state index contributed by atoms with van der Waals surface area (Å²) >= 11 is 0. The van der Waals surface area contributed by atoms with Gasteiger partial charge in [0, 0.05) is 13.1 Å². The molecule has 1 aromatic heterocycles. The Morgan fingerprint density at radius 1 is 1.35 bits per heavy atom. The Morgan fingerprint density at radius 2 is 2.05 bits per heavy atom. The molecule has 0 aliphatic heterocycles. The second kappa shape index (κ2) is 7.04. The summed E-state index contributed by atoms with van der Waals surface area (Å²) in [6.07, 6.45) is -3.09. The van der Waals surface area contributed by atoms with E-state index in [2.05, 4.69) is 15.6 Å². The number of aromatic nitrogens is 1. The number of alkyl halides is 3. The lowest BCUT2D eigenvalue weighted by atomic mass is 10.2. The lowest BCUT2D eigenvalue weighted by molar-refractivity contribution is -0.384. The molecule has 0 spiro atoms. The topological polar surface area (TPSA) is 80.1 Å².